The van der Waals surface area contributed by atoms with E-state index in [0.29, 0.717) is 17.4 Å². The van der Waals surface area contributed by atoms with Crippen molar-refractivity contribution in [2.24, 2.45) is 11.8 Å². The summed E-state index contributed by atoms with van der Waals surface area (Å²) in [6, 6.07) is 26.0. The third-order valence-corrected chi connectivity index (χ3v) is 8.96. The maximum Gasteiger partial charge on any atom is 0.318 e. The molecule has 1 unspecified atom stereocenters. The molecule has 3 saturated heterocycles. The lowest BCUT2D eigenvalue weighted by Gasteiger charge is -2.52. The summed E-state index contributed by atoms with van der Waals surface area (Å²) in [6.07, 6.45) is 4.95. The molecule has 0 N–H and O–H groups in total. The Bertz CT molecular complexity index is 1450. The molecule has 4 aliphatic rings. The number of carbonyl (C=O) groups excluding carboxylic acids is 1. The van der Waals surface area contributed by atoms with Gasteiger partial charge in [-0.2, -0.15) is 0 Å². The molecule has 192 valence electrons. The summed E-state index contributed by atoms with van der Waals surface area (Å²) in [6.45, 7) is 4.44. The molecule has 0 spiro atoms. The van der Waals surface area contributed by atoms with Crippen LogP contribution < -0.4 is 4.74 Å². The molecule has 5 atom stereocenters. The maximum absolute atomic E-state index is 14.3. The highest BCUT2D eigenvalue weighted by Crippen LogP contribution is 2.47. The summed E-state index contributed by atoms with van der Waals surface area (Å²) in [7, 11) is 0. The van der Waals surface area contributed by atoms with Crippen molar-refractivity contribution in [1.82, 2.24) is 9.88 Å². The van der Waals surface area contributed by atoms with E-state index < -0.39 is 5.92 Å². The summed E-state index contributed by atoms with van der Waals surface area (Å²) >= 11 is 0. The van der Waals surface area contributed by atoms with Crippen LogP contribution in [0, 0.1) is 11.8 Å². The summed E-state index contributed by atoms with van der Waals surface area (Å²) in [5.74, 6) is 2.06. The van der Waals surface area contributed by atoms with Gasteiger partial charge >= 0.3 is 5.97 Å². The smallest absolute Gasteiger partial charge is 0.318 e. The van der Waals surface area contributed by atoms with Gasteiger partial charge in [0.1, 0.15) is 23.5 Å². The topological polar surface area (TPSA) is 51.7 Å². The molecule has 5 nitrogen and oxygen atoms in total. The largest absolute Gasteiger partial charge is 0.457 e. The lowest BCUT2D eigenvalue weighted by molar-refractivity contribution is -0.159. The van der Waals surface area contributed by atoms with E-state index in [0.717, 1.165) is 53.0 Å². The molecule has 0 aliphatic carbocycles. The van der Waals surface area contributed by atoms with Gasteiger partial charge in [-0.05, 0) is 55.5 Å². The van der Waals surface area contributed by atoms with Gasteiger partial charge in [0, 0.05) is 34.8 Å². The first kappa shape index (κ1) is 23.4. The molecule has 4 aliphatic heterocycles. The SMILES string of the molecule is CC[C@H]1CN2CC[C@H]1C[C@@H]2[C@@H](OC(=O)C1c2ccccc2Oc2ccccc21)c1ccnc2ccccc12. The summed E-state index contributed by atoms with van der Waals surface area (Å²) in [5, 5.41) is 1.05. The minimum Gasteiger partial charge on any atom is -0.457 e. The van der Waals surface area contributed by atoms with E-state index >= 15 is 0 Å². The molecule has 0 amide bonds. The summed E-state index contributed by atoms with van der Waals surface area (Å²) in [5.41, 5.74) is 3.68. The molecule has 8 rings (SSSR count). The van der Waals surface area contributed by atoms with Crippen LogP contribution in [0.4, 0.5) is 0 Å². The zero-order chi connectivity index (χ0) is 25.6. The van der Waals surface area contributed by atoms with Crippen LogP contribution in [-0.4, -0.2) is 35.0 Å². The molecule has 3 aromatic carbocycles. The van der Waals surface area contributed by atoms with E-state index in [1.807, 2.05) is 79.0 Å². The van der Waals surface area contributed by atoms with Gasteiger partial charge in [0.15, 0.2) is 0 Å². The number of hydrogen-bond donors (Lipinski definition) is 0. The highest BCUT2D eigenvalue weighted by Gasteiger charge is 2.45. The van der Waals surface area contributed by atoms with E-state index in [-0.39, 0.29) is 18.1 Å². The van der Waals surface area contributed by atoms with Crippen molar-refractivity contribution in [2.75, 3.05) is 13.1 Å². The van der Waals surface area contributed by atoms with Crippen LogP contribution in [0.1, 0.15) is 54.9 Å². The Morgan fingerprint density at radius 1 is 1.00 bits per heavy atom. The second-order valence-electron chi connectivity index (χ2n) is 10.9. The molecule has 2 bridgehead atoms. The minimum atomic E-state index is -0.536. The molecule has 0 radical (unpaired) electrons. The fraction of sp³-hybridized carbons (Fsp3) is 0.333. The van der Waals surface area contributed by atoms with E-state index in [4.69, 9.17) is 9.47 Å². The van der Waals surface area contributed by atoms with E-state index in [2.05, 4.69) is 22.9 Å². The van der Waals surface area contributed by atoms with Gasteiger partial charge in [-0.25, -0.2) is 0 Å². The average Bonchev–Trinajstić information content (AvgIpc) is 2.98. The second kappa shape index (κ2) is 9.55. The Hall–Kier alpha value is -3.70. The van der Waals surface area contributed by atoms with Gasteiger partial charge in [0.25, 0.3) is 0 Å². The Morgan fingerprint density at radius 2 is 1.71 bits per heavy atom. The fourth-order valence-corrected chi connectivity index (χ4v) is 7.03. The van der Waals surface area contributed by atoms with Crippen molar-refractivity contribution in [1.29, 1.82) is 0 Å². The maximum atomic E-state index is 14.3. The molecule has 0 saturated carbocycles. The van der Waals surface area contributed by atoms with Gasteiger partial charge in [0.2, 0.25) is 0 Å². The van der Waals surface area contributed by atoms with Crippen molar-refractivity contribution < 1.29 is 14.3 Å². The Balaban J connectivity index is 1.31. The highest BCUT2D eigenvalue weighted by molar-refractivity contribution is 5.87. The van der Waals surface area contributed by atoms with Crippen LogP contribution >= 0.6 is 0 Å². The van der Waals surface area contributed by atoms with Gasteiger partial charge in [0.05, 0.1) is 11.6 Å². The lowest BCUT2D eigenvalue weighted by atomic mass is 9.72. The van der Waals surface area contributed by atoms with Crippen molar-refractivity contribution in [2.45, 2.75) is 44.2 Å². The first-order valence-electron chi connectivity index (χ1n) is 13.8. The molecule has 1 aromatic heterocycles. The zero-order valence-electron chi connectivity index (χ0n) is 21.6. The van der Waals surface area contributed by atoms with E-state index in [9.17, 15) is 4.79 Å². The number of para-hydroxylation sites is 3. The first-order valence-corrected chi connectivity index (χ1v) is 13.8. The number of pyridine rings is 1. The Labute approximate surface area is 223 Å². The van der Waals surface area contributed by atoms with Crippen molar-refractivity contribution in [3.05, 3.63) is 102 Å². The average molecular weight is 505 g/mol. The number of benzene rings is 3. The van der Waals surface area contributed by atoms with Gasteiger partial charge in [-0.1, -0.05) is 67.9 Å². The molecule has 3 fully saturated rings. The van der Waals surface area contributed by atoms with Crippen LogP contribution in [0.2, 0.25) is 0 Å². The number of piperidine rings is 3. The number of fused-ring (bicyclic) bond motifs is 6. The molecular weight excluding hydrogens is 472 g/mol. The van der Waals surface area contributed by atoms with E-state index in [1.54, 1.807) is 0 Å². The number of hydrogen-bond acceptors (Lipinski definition) is 5. The predicted molar refractivity (Wildman–Crippen MR) is 147 cm³/mol. The van der Waals surface area contributed by atoms with Gasteiger partial charge < -0.3 is 9.47 Å². The molecule has 5 heteroatoms. The Morgan fingerprint density at radius 3 is 2.42 bits per heavy atom. The molecule has 5 heterocycles. The number of nitrogens with zero attached hydrogens (tertiary/aromatic N) is 2. The summed E-state index contributed by atoms with van der Waals surface area (Å²) in [4.78, 5) is 21.5. The monoisotopic (exact) mass is 504 g/mol. The predicted octanol–water partition coefficient (Wildman–Crippen LogP) is 6.88. The van der Waals surface area contributed by atoms with Crippen molar-refractivity contribution in [3.63, 3.8) is 0 Å². The fourth-order valence-electron chi connectivity index (χ4n) is 7.03. The Kier molecular flexibility index (Phi) is 5.89. The van der Waals surface area contributed by atoms with Crippen LogP contribution in [0.5, 0.6) is 11.5 Å². The van der Waals surface area contributed by atoms with Crippen molar-refractivity contribution >= 4 is 16.9 Å². The first-order chi connectivity index (χ1) is 18.7. The lowest BCUT2D eigenvalue weighted by Crippen LogP contribution is -2.55. The van der Waals surface area contributed by atoms with E-state index in [1.165, 1.54) is 12.8 Å². The number of ether oxygens (including phenoxy) is 2. The highest BCUT2D eigenvalue weighted by atomic mass is 16.5. The number of aromatic nitrogens is 1. The standard InChI is InChI=1S/C33H32N2O3/c1-2-21-20-35-18-16-22(21)19-28(35)32(24-15-17-34-27-12-6-3-9-23(24)27)38-33(36)31-25-10-4-7-13-29(25)37-30-14-8-5-11-26(30)31/h3-15,17,21-22,28,31-32H,2,16,18-20H2,1H3/t21-,22-,28+,32-/m0/s1. The number of carbonyl (C=O) groups is 1. The number of rotatable bonds is 5. The van der Waals surface area contributed by atoms with Crippen LogP contribution in [0.25, 0.3) is 10.9 Å². The zero-order valence-corrected chi connectivity index (χ0v) is 21.6. The van der Waals surface area contributed by atoms with Gasteiger partial charge in [-0.15, -0.1) is 0 Å². The molecule has 38 heavy (non-hydrogen) atoms. The van der Waals surface area contributed by atoms with Crippen LogP contribution in [0.3, 0.4) is 0 Å². The third kappa shape index (κ3) is 3.88. The molecule has 4 aromatic rings. The summed E-state index contributed by atoms with van der Waals surface area (Å²) < 4.78 is 12.9. The molecular formula is C33H32N2O3. The second-order valence-corrected chi connectivity index (χ2v) is 10.9. The third-order valence-electron chi connectivity index (χ3n) is 8.96. The van der Waals surface area contributed by atoms with Crippen LogP contribution in [0.15, 0.2) is 85.1 Å². The normalized spacial score (nSPS) is 24.8. The van der Waals surface area contributed by atoms with Gasteiger partial charge in [-0.3, -0.25) is 14.7 Å². The minimum absolute atomic E-state index is 0.150. The number of esters is 1. The van der Waals surface area contributed by atoms with Crippen LogP contribution in [-0.2, 0) is 9.53 Å². The quantitative estimate of drug-likeness (QED) is 0.277. The van der Waals surface area contributed by atoms with Crippen molar-refractivity contribution in [3.8, 4) is 11.5 Å².